The molecule has 0 saturated carbocycles. The van der Waals surface area contributed by atoms with E-state index < -0.39 is 12.1 Å². The summed E-state index contributed by atoms with van der Waals surface area (Å²) in [4.78, 5) is 25.6. The Morgan fingerprint density at radius 1 is 0.971 bits per heavy atom. The van der Waals surface area contributed by atoms with Gasteiger partial charge in [0.25, 0.3) is 0 Å². The molecule has 0 aliphatic heterocycles. The van der Waals surface area contributed by atoms with Gasteiger partial charge in [0, 0.05) is 32.7 Å². The molecule has 2 N–H and O–H groups in total. The van der Waals surface area contributed by atoms with Gasteiger partial charge in [-0.2, -0.15) is 0 Å². The third-order valence-electron chi connectivity index (χ3n) is 5.26. The average molecular weight is 487 g/mol. The molecule has 8 nitrogen and oxygen atoms in total. The number of amides is 2. The summed E-state index contributed by atoms with van der Waals surface area (Å²) in [5, 5.41) is 12.2. The first-order chi connectivity index (χ1) is 17.0. The van der Waals surface area contributed by atoms with Crippen LogP contribution < -0.4 is 10.1 Å². The minimum atomic E-state index is -0.973. The summed E-state index contributed by atoms with van der Waals surface area (Å²) in [5.41, 5.74) is 1.98. The van der Waals surface area contributed by atoms with Crippen molar-refractivity contribution in [2.45, 2.75) is 45.8 Å². The van der Waals surface area contributed by atoms with Crippen molar-refractivity contribution < 1.29 is 28.9 Å². The number of carboxylic acid groups (broad SMARTS) is 1. The van der Waals surface area contributed by atoms with Crippen LogP contribution in [0.2, 0.25) is 0 Å². The lowest BCUT2D eigenvalue weighted by Gasteiger charge is -2.23. The Morgan fingerprint density at radius 2 is 1.71 bits per heavy atom. The summed E-state index contributed by atoms with van der Waals surface area (Å²) in [7, 11) is 0. The summed E-state index contributed by atoms with van der Waals surface area (Å²) < 4.78 is 16.8. The second-order valence-electron chi connectivity index (χ2n) is 8.09. The number of hydrogen-bond donors (Lipinski definition) is 2. The molecule has 2 aromatic carbocycles. The average Bonchev–Trinajstić information content (AvgIpc) is 2.87. The number of benzene rings is 2. The van der Waals surface area contributed by atoms with Gasteiger partial charge in [0.15, 0.2) is 6.10 Å². The molecule has 1 unspecified atom stereocenters. The summed E-state index contributed by atoms with van der Waals surface area (Å²) in [6.45, 7) is 7.25. The Hall–Kier alpha value is -3.10. The van der Waals surface area contributed by atoms with E-state index in [2.05, 4.69) is 5.32 Å². The fourth-order valence-electron chi connectivity index (χ4n) is 3.41. The van der Waals surface area contributed by atoms with Crippen molar-refractivity contribution in [2.24, 2.45) is 0 Å². The second-order valence-corrected chi connectivity index (χ2v) is 8.09. The minimum Gasteiger partial charge on any atom is -0.492 e. The van der Waals surface area contributed by atoms with Crippen molar-refractivity contribution in [1.82, 2.24) is 10.2 Å². The van der Waals surface area contributed by atoms with E-state index in [-0.39, 0.29) is 6.03 Å². The van der Waals surface area contributed by atoms with Crippen LogP contribution in [-0.4, -0.2) is 67.6 Å². The number of urea groups is 1. The number of aliphatic carboxylic acids is 1. The van der Waals surface area contributed by atoms with Gasteiger partial charge in [-0.15, -0.1) is 0 Å². The number of ether oxygens (including phenoxy) is 3. The first-order valence-corrected chi connectivity index (χ1v) is 12.2. The van der Waals surface area contributed by atoms with E-state index in [4.69, 9.17) is 14.2 Å². The molecular formula is C27H38N2O6. The van der Waals surface area contributed by atoms with Crippen molar-refractivity contribution in [1.29, 1.82) is 0 Å². The van der Waals surface area contributed by atoms with E-state index in [9.17, 15) is 14.7 Å². The van der Waals surface area contributed by atoms with Gasteiger partial charge in [-0.05, 0) is 43.0 Å². The standard InChI is InChI=1S/C27H38N2O6/c1-3-15-28-27(32)29(16-8-18-33-21-23-9-6-5-7-10-23)17-19-35-24-13-11-22(12-14-24)20-25(26(30)31)34-4-2/h5-7,9-14,25H,3-4,8,15-21H2,1-2H3,(H,28,32)(H,30,31). The molecule has 0 spiro atoms. The molecule has 192 valence electrons. The number of rotatable bonds is 17. The van der Waals surface area contributed by atoms with Gasteiger partial charge in [-0.3, -0.25) is 0 Å². The Kier molecular flexibility index (Phi) is 13.3. The fraction of sp³-hybridized carbons (Fsp3) is 0.481. The third kappa shape index (κ3) is 11.2. The first-order valence-electron chi connectivity index (χ1n) is 12.2. The van der Waals surface area contributed by atoms with E-state index in [1.165, 1.54) is 0 Å². The summed E-state index contributed by atoms with van der Waals surface area (Å²) in [6.07, 6.45) is 1.03. The molecule has 0 radical (unpaired) electrons. The van der Waals surface area contributed by atoms with Gasteiger partial charge in [-0.25, -0.2) is 9.59 Å². The molecule has 35 heavy (non-hydrogen) atoms. The van der Waals surface area contributed by atoms with E-state index in [0.717, 1.165) is 24.0 Å². The summed E-state index contributed by atoms with van der Waals surface area (Å²) >= 11 is 0. The molecule has 2 amide bonds. The van der Waals surface area contributed by atoms with Gasteiger partial charge < -0.3 is 29.5 Å². The van der Waals surface area contributed by atoms with Gasteiger partial charge in [-0.1, -0.05) is 49.4 Å². The Labute approximate surface area is 208 Å². The van der Waals surface area contributed by atoms with Crippen molar-refractivity contribution in [3.05, 3.63) is 65.7 Å². The van der Waals surface area contributed by atoms with Crippen molar-refractivity contribution in [3.63, 3.8) is 0 Å². The predicted octanol–water partition coefficient (Wildman–Crippen LogP) is 4.13. The molecule has 8 heteroatoms. The fourth-order valence-corrected chi connectivity index (χ4v) is 3.41. The van der Waals surface area contributed by atoms with Crippen LogP contribution in [0, 0.1) is 0 Å². The highest BCUT2D eigenvalue weighted by Gasteiger charge is 2.18. The number of hydrogen-bond acceptors (Lipinski definition) is 5. The van der Waals surface area contributed by atoms with E-state index in [1.807, 2.05) is 49.4 Å². The van der Waals surface area contributed by atoms with Crippen LogP contribution in [-0.2, 0) is 27.3 Å². The summed E-state index contributed by atoms with van der Waals surface area (Å²) in [6, 6.07) is 17.2. The van der Waals surface area contributed by atoms with Gasteiger partial charge >= 0.3 is 12.0 Å². The second kappa shape index (κ2) is 16.5. The lowest BCUT2D eigenvalue weighted by molar-refractivity contribution is -0.149. The molecular weight excluding hydrogens is 448 g/mol. The molecule has 1 atom stereocenters. The zero-order valence-corrected chi connectivity index (χ0v) is 20.8. The zero-order chi connectivity index (χ0) is 25.3. The molecule has 0 bridgehead atoms. The SMILES string of the molecule is CCCNC(=O)N(CCCOCc1ccccc1)CCOc1ccc(CC(OCC)C(=O)O)cc1. The number of nitrogens with one attached hydrogen (secondary N) is 1. The summed E-state index contributed by atoms with van der Waals surface area (Å²) in [5.74, 6) is -0.309. The highest BCUT2D eigenvalue weighted by atomic mass is 16.5. The Balaban J connectivity index is 1.78. The topological polar surface area (TPSA) is 97.3 Å². The molecule has 0 aromatic heterocycles. The highest BCUT2D eigenvalue weighted by molar-refractivity contribution is 5.74. The van der Waals surface area contributed by atoms with E-state index in [0.29, 0.717) is 58.2 Å². The normalized spacial score (nSPS) is 11.6. The number of carbonyl (C=O) groups excluding carboxylic acids is 1. The maximum Gasteiger partial charge on any atom is 0.333 e. The molecule has 0 fully saturated rings. The lowest BCUT2D eigenvalue weighted by atomic mass is 10.1. The maximum atomic E-state index is 12.5. The van der Waals surface area contributed by atoms with Gasteiger partial charge in [0.2, 0.25) is 0 Å². The molecule has 0 aliphatic rings. The molecule has 0 heterocycles. The van der Waals surface area contributed by atoms with Crippen LogP contribution in [0.15, 0.2) is 54.6 Å². The Bertz CT molecular complexity index is 860. The largest absolute Gasteiger partial charge is 0.492 e. The number of nitrogens with zero attached hydrogens (tertiary/aromatic N) is 1. The maximum absolute atomic E-state index is 12.5. The monoisotopic (exact) mass is 486 g/mol. The van der Waals surface area contributed by atoms with Crippen LogP contribution >= 0.6 is 0 Å². The van der Waals surface area contributed by atoms with Crippen LogP contribution in [0.25, 0.3) is 0 Å². The van der Waals surface area contributed by atoms with Crippen molar-refractivity contribution >= 4 is 12.0 Å². The zero-order valence-electron chi connectivity index (χ0n) is 20.8. The Morgan fingerprint density at radius 3 is 2.37 bits per heavy atom. The van der Waals surface area contributed by atoms with Crippen LogP contribution in [0.3, 0.4) is 0 Å². The van der Waals surface area contributed by atoms with Crippen LogP contribution in [0.4, 0.5) is 4.79 Å². The molecule has 2 aromatic rings. The van der Waals surface area contributed by atoms with Gasteiger partial charge in [0.1, 0.15) is 12.4 Å². The highest BCUT2D eigenvalue weighted by Crippen LogP contribution is 2.15. The van der Waals surface area contributed by atoms with Crippen LogP contribution in [0.5, 0.6) is 5.75 Å². The third-order valence-corrected chi connectivity index (χ3v) is 5.26. The first kappa shape index (κ1) is 28.1. The van der Waals surface area contributed by atoms with E-state index >= 15 is 0 Å². The van der Waals surface area contributed by atoms with Crippen molar-refractivity contribution in [3.8, 4) is 5.75 Å². The smallest absolute Gasteiger partial charge is 0.333 e. The lowest BCUT2D eigenvalue weighted by Crippen LogP contribution is -2.43. The van der Waals surface area contributed by atoms with E-state index in [1.54, 1.807) is 24.0 Å². The molecule has 0 aliphatic carbocycles. The number of carbonyl (C=O) groups is 2. The van der Waals surface area contributed by atoms with Gasteiger partial charge in [0.05, 0.1) is 13.2 Å². The number of carboxylic acids is 1. The minimum absolute atomic E-state index is 0.107. The predicted molar refractivity (Wildman–Crippen MR) is 135 cm³/mol. The van der Waals surface area contributed by atoms with Crippen LogP contribution in [0.1, 0.15) is 37.8 Å². The molecule has 2 rings (SSSR count). The quantitative estimate of drug-likeness (QED) is 0.327. The van der Waals surface area contributed by atoms with Crippen molar-refractivity contribution in [2.75, 3.05) is 39.5 Å². The molecule has 0 saturated heterocycles.